The molecule has 2 rings (SSSR count). The third-order valence-corrected chi connectivity index (χ3v) is 4.48. The maximum atomic E-state index is 12.8. The first kappa shape index (κ1) is 16.7. The maximum Gasteiger partial charge on any atom is 0.227 e. The predicted molar refractivity (Wildman–Crippen MR) is 82.0 cm³/mol. The normalized spacial score (nSPS) is 27.0. The number of nitrogens with two attached hydrogens (primary N) is 1. The second-order valence-corrected chi connectivity index (χ2v) is 6.23. The summed E-state index contributed by atoms with van der Waals surface area (Å²) in [5.74, 6) is 0.128. The zero-order chi connectivity index (χ0) is 15.1. The number of nitrogens with zero attached hydrogens (tertiary/aromatic N) is 1. The SMILES string of the molecule is CCCC(CN)C(=O)N(CC1CCCO1)CC1CCCO1. The van der Waals surface area contributed by atoms with Crippen LogP contribution < -0.4 is 5.73 Å². The van der Waals surface area contributed by atoms with Gasteiger partial charge < -0.3 is 20.1 Å². The molecule has 2 N–H and O–H groups in total. The number of rotatable bonds is 8. The van der Waals surface area contributed by atoms with Gasteiger partial charge in [-0.25, -0.2) is 0 Å². The largest absolute Gasteiger partial charge is 0.376 e. The first-order valence-electron chi connectivity index (χ1n) is 8.46. The Labute approximate surface area is 128 Å². The molecule has 0 aromatic rings. The van der Waals surface area contributed by atoms with Crippen LogP contribution in [0.3, 0.4) is 0 Å². The molecule has 0 bridgehead atoms. The molecule has 5 nitrogen and oxygen atoms in total. The first-order valence-corrected chi connectivity index (χ1v) is 8.46. The molecule has 3 atom stereocenters. The Balaban J connectivity index is 1.95. The van der Waals surface area contributed by atoms with Crippen molar-refractivity contribution in [1.29, 1.82) is 0 Å². The number of carbonyl (C=O) groups is 1. The highest BCUT2D eigenvalue weighted by molar-refractivity contribution is 5.79. The third kappa shape index (κ3) is 4.94. The van der Waals surface area contributed by atoms with Gasteiger partial charge in [-0.05, 0) is 32.1 Å². The van der Waals surface area contributed by atoms with Gasteiger partial charge in [0.15, 0.2) is 0 Å². The lowest BCUT2D eigenvalue weighted by Crippen LogP contribution is -2.46. The van der Waals surface area contributed by atoms with Gasteiger partial charge in [-0.15, -0.1) is 0 Å². The highest BCUT2D eigenvalue weighted by atomic mass is 16.5. The van der Waals surface area contributed by atoms with Crippen molar-refractivity contribution in [2.24, 2.45) is 11.7 Å². The molecule has 0 aromatic heterocycles. The van der Waals surface area contributed by atoms with Crippen LogP contribution in [0.4, 0.5) is 0 Å². The molecule has 0 saturated carbocycles. The molecular weight excluding hydrogens is 268 g/mol. The van der Waals surface area contributed by atoms with E-state index in [1.165, 1.54) is 0 Å². The smallest absolute Gasteiger partial charge is 0.227 e. The van der Waals surface area contributed by atoms with Gasteiger partial charge in [0.25, 0.3) is 0 Å². The number of amides is 1. The number of carbonyl (C=O) groups excluding carboxylic acids is 1. The van der Waals surface area contributed by atoms with Gasteiger partial charge in [0.1, 0.15) is 0 Å². The molecule has 0 spiro atoms. The van der Waals surface area contributed by atoms with E-state index in [0.29, 0.717) is 19.6 Å². The molecule has 5 heteroatoms. The van der Waals surface area contributed by atoms with Crippen molar-refractivity contribution in [2.45, 2.75) is 57.7 Å². The highest BCUT2D eigenvalue weighted by Gasteiger charge is 2.29. The van der Waals surface area contributed by atoms with Gasteiger partial charge in [0.2, 0.25) is 5.91 Å². The summed E-state index contributed by atoms with van der Waals surface area (Å²) in [6, 6.07) is 0. The van der Waals surface area contributed by atoms with Crippen LogP contribution in [0.25, 0.3) is 0 Å². The van der Waals surface area contributed by atoms with Crippen LogP contribution in [0.15, 0.2) is 0 Å². The zero-order valence-corrected chi connectivity index (χ0v) is 13.3. The lowest BCUT2D eigenvalue weighted by Gasteiger charge is -2.30. The van der Waals surface area contributed by atoms with E-state index in [-0.39, 0.29) is 24.0 Å². The second-order valence-electron chi connectivity index (χ2n) is 6.23. The molecule has 0 aliphatic carbocycles. The molecule has 2 fully saturated rings. The molecule has 21 heavy (non-hydrogen) atoms. The van der Waals surface area contributed by atoms with Crippen LogP contribution in [0, 0.1) is 5.92 Å². The van der Waals surface area contributed by atoms with Gasteiger partial charge in [0, 0.05) is 32.8 Å². The summed E-state index contributed by atoms with van der Waals surface area (Å²) in [4.78, 5) is 14.7. The van der Waals surface area contributed by atoms with Crippen LogP contribution in [-0.4, -0.2) is 55.9 Å². The summed E-state index contributed by atoms with van der Waals surface area (Å²) in [7, 11) is 0. The topological polar surface area (TPSA) is 64.8 Å². The van der Waals surface area contributed by atoms with Crippen molar-refractivity contribution in [3.63, 3.8) is 0 Å². The van der Waals surface area contributed by atoms with Crippen molar-refractivity contribution in [2.75, 3.05) is 32.8 Å². The molecule has 122 valence electrons. The fraction of sp³-hybridized carbons (Fsp3) is 0.938. The lowest BCUT2D eigenvalue weighted by molar-refractivity contribution is -0.138. The minimum absolute atomic E-state index is 0.0576. The summed E-state index contributed by atoms with van der Waals surface area (Å²) in [6.07, 6.45) is 6.53. The molecule has 2 aliphatic heterocycles. The van der Waals surface area contributed by atoms with Gasteiger partial charge >= 0.3 is 0 Å². The fourth-order valence-electron chi connectivity index (χ4n) is 3.27. The first-order chi connectivity index (χ1) is 10.2. The Hall–Kier alpha value is -0.650. The van der Waals surface area contributed by atoms with Gasteiger partial charge in [-0.3, -0.25) is 4.79 Å². The minimum Gasteiger partial charge on any atom is -0.376 e. The van der Waals surface area contributed by atoms with Crippen LogP contribution in [-0.2, 0) is 14.3 Å². The molecule has 0 radical (unpaired) electrons. The van der Waals surface area contributed by atoms with E-state index in [2.05, 4.69) is 6.92 Å². The highest BCUT2D eigenvalue weighted by Crippen LogP contribution is 2.19. The Kier molecular flexibility index (Phi) is 6.93. The van der Waals surface area contributed by atoms with Crippen LogP contribution in [0.1, 0.15) is 45.4 Å². The van der Waals surface area contributed by atoms with E-state index in [4.69, 9.17) is 15.2 Å². The second kappa shape index (κ2) is 8.71. The summed E-state index contributed by atoms with van der Waals surface area (Å²) in [6.45, 7) is 5.56. The summed E-state index contributed by atoms with van der Waals surface area (Å²) in [5, 5.41) is 0. The monoisotopic (exact) mass is 298 g/mol. The quantitative estimate of drug-likeness (QED) is 0.738. The molecule has 1 amide bonds. The molecular formula is C16H30N2O3. The summed E-state index contributed by atoms with van der Waals surface area (Å²) < 4.78 is 11.4. The zero-order valence-electron chi connectivity index (χ0n) is 13.3. The summed E-state index contributed by atoms with van der Waals surface area (Å²) in [5.41, 5.74) is 5.80. The van der Waals surface area contributed by atoms with Crippen LogP contribution >= 0.6 is 0 Å². The summed E-state index contributed by atoms with van der Waals surface area (Å²) >= 11 is 0. The van der Waals surface area contributed by atoms with Gasteiger partial charge in [0.05, 0.1) is 18.1 Å². The third-order valence-electron chi connectivity index (χ3n) is 4.48. The fourth-order valence-corrected chi connectivity index (χ4v) is 3.27. The van der Waals surface area contributed by atoms with Crippen molar-refractivity contribution in [1.82, 2.24) is 4.90 Å². The number of hydrogen-bond donors (Lipinski definition) is 1. The Morgan fingerprint density at radius 1 is 1.19 bits per heavy atom. The van der Waals surface area contributed by atoms with E-state index < -0.39 is 0 Å². The van der Waals surface area contributed by atoms with Gasteiger partial charge in [-0.1, -0.05) is 13.3 Å². The molecule has 2 saturated heterocycles. The Morgan fingerprint density at radius 2 is 1.76 bits per heavy atom. The van der Waals surface area contributed by atoms with E-state index in [0.717, 1.165) is 51.7 Å². The average molecular weight is 298 g/mol. The van der Waals surface area contributed by atoms with Crippen LogP contribution in [0.2, 0.25) is 0 Å². The minimum atomic E-state index is -0.0576. The lowest BCUT2D eigenvalue weighted by atomic mass is 10.0. The number of hydrogen-bond acceptors (Lipinski definition) is 4. The molecule has 2 aliphatic rings. The Morgan fingerprint density at radius 3 is 2.14 bits per heavy atom. The molecule has 2 heterocycles. The van der Waals surface area contributed by atoms with E-state index in [9.17, 15) is 4.79 Å². The molecule has 3 unspecified atom stereocenters. The van der Waals surface area contributed by atoms with Crippen molar-refractivity contribution < 1.29 is 14.3 Å². The van der Waals surface area contributed by atoms with E-state index >= 15 is 0 Å². The van der Waals surface area contributed by atoms with E-state index in [1.54, 1.807) is 0 Å². The number of ether oxygens (including phenoxy) is 2. The van der Waals surface area contributed by atoms with Crippen molar-refractivity contribution in [3.8, 4) is 0 Å². The van der Waals surface area contributed by atoms with Crippen molar-refractivity contribution in [3.05, 3.63) is 0 Å². The van der Waals surface area contributed by atoms with Crippen molar-refractivity contribution >= 4 is 5.91 Å². The van der Waals surface area contributed by atoms with Crippen LogP contribution in [0.5, 0.6) is 0 Å². The standard InChI is InChI=1S/C16H30N2O3/c1-2-5-13(10-17)16(19)18(11-14-6-3-8-20-14)12-15-7-4-9-21-15/h13-15H,2-12,17H2,1H3. The molecule has 0 aromatic carbocycles. The predicted octanol–water partition coefficient (Wildman–Crippen LogP) is 1.55. The van der Waals surface area contributed by atoms with E-state index in [1.807, 2.05) is 4.90 Å². The Bertz CT molecular complexity index is 295. The van der Waals surface area contributed by atoms with Gasteiger partial charge in [-0.2, -0.15) is 0 Å². The average Bonchev–Trinajstić information content (AvgIpc) is 3.17. The maximum absolute atomic E-state index is 12.8.